The lowest BCUT2D eigenvalue weighted by molar-refractivity contribution is 0.600. The van der Waals surface area contributed by atoms with Crippen molar-refractivity contribution in [3.63, 3.8) is 0 Å². The fourth-order valence-corrected chi connectivity index (χ4v) is 4.26. The second-order valence-corrected chi connectivity index (χ2v) is 7.74. The van der Waals surface area contributed by atoms with Gasteiger partial charge in [0.25, 0.3) is 0 Å². The molecule has 0 radical (unpaired) electrons. The van der Waals surface area contributed by atoms with Gasteiger partial charge in [0.2, 0.25) is 5.95 Å². The summed E-state index contributed by atoms with van der Waals surface area (Å²) < 4.78 is 23.2. The highest BCUT2D eigenvalue weighted by atomic mass is 32.2. The van der Waals surface area contributed by atoms with Crippen LogP contribution < -0.4 is 10.2 Å². The molecule has 1 aliphatic heterocycles. The average Bonchev–Trinajstić information content (AvgIpc) is 2.93. The van der Waals surface area contributed by atoms with E-state index in [1.54, 1.807) is 18.6 Å². The van der Waals surface area contributed by atoms with Crippen LogP contribution in [-0.4, -0.2) is 53.2 Å². The van der Waals surface area contributed by atoms with E-state index in [1.165, 1.54) is 0 Å². The number of rotatable bonds is 5. The van der Waals surface area contributed by atoms with Crippen LogP contribution in [-0.2, 0) is 16.4 Å². The standard InChI is InChI=1S/C14H18N6O2S/c1-20(12-4-7-23(21,22)10-12)13-9-17-19-14(18-13)16-8-11-2-5-15-6-3-11/h2-3,5-6,9,12H,4,7-8,10H2,1H3,(H,16,18,19). The average molecular weight is 334 g/mol. The van der Waals surface area contributed by atoms with Gasteiger partial charge in [-0.1, -0.05) is 0 Å². The van der Waals surface area contributed by atoms with Gasteiger partial charge in [0, 0.05) is 32.0 Å². The molecule has 1 atom stereocenters. The van der Waals surface area contributed by atoms with Crippen molar-refractivity contribution in [3.8, 4) is 0 Å². The summed E-state index contributed by atoms with van der Waals surface area (Å²) in [6.07, 6.45) is 5.60. The summed E-state index contributed by atoms with van der Waals surface area (Å²) in [4.78, 5) is 10.2. The Morgan fingerprint density at radius 1 is 1.35 bits per heavy atom. The van der Waals surface area contributed by atoms with Crippen molar-refractivity contribution in [2.75, 3.05) is 28.8 Å². The topological polar surface area (TPSA) is 101 Å². The zero-order chi connectivity index (χ0) is 16.3. The van der Waals surface area contributed by atoms with Gasteiger partial charge in [-0.3, -0.25) is 4.98 Å². The summed E-state index contributed by atoms with van der Waals surface area (Å²) in [7, 11) is -1.10. The Bertz CT molecular complexity index is 768. The molecule has 1 aliphatic rings. The van der Waals surface area contributed by atoms with Crippen LogP contribution in [0, 0.1) is 0 Å². The lowest BCUT2D eigenvalue weighted by Gasteiger charge is -2.24. The Morgan fingerprint density at radius 2 is 2.13 bits per heavy atom. The Morgan fingerprint density at radius 3 is 2.83 bits per heavy atom. The van der Waals surface area contributed by atoms with E-state index in [0.29, 0.717) is 24.7 Å². The Labute approximate surface area is 134 Å². The largest absolute Gasteiger partial charge is 0.354 e. The van der Waals surface area contributed by atoms with Crippen LogP contribution in [0.3, 0.4) is 0 Å². The summed E-state index contributed by atoms with van der Waals surface area (Å²) in [5, 5.41) is 11.0. The molecule has 1 unspecified atom stereocenters. The van der Waals surface area contributed by atoms with Crippen LogP contribution in [0.15, 0.2) is 30.7 Å². The maximum atomic E-state index is 11.6. The zero-order valence-corrected chi connectivity index (χ0v) is 13.6. The second kappa shape index (κ2) is 6.45. The monoisotopic (exact) mass is 334 g/mol. The maximum Gasteiger partial charge on any atom is 0.244 e. The number of anilines is 2. The van der Waals surface area contributed by atoms with E-state index < -0.39 is 9.84 Å². The zero-order valence-electron chi connectivity index (χ0n) is 12.8. The quantitative estimate of drug-likeness (QED) is 0.844. The lowest BCUT2D eigenvalue weighted by atomic mass is 10.2. The molecule has 1 fully saturated rings. The molecule has 2 aromatic heterocycles. The fourth-order valence-electron chi connectivity index (χ4n) is 2.49. The van der Waals surface area contributed by atoms with E-state index in [2.05, 4.69) is 25.5 Å². The fraction of sp³-hybridized carbons (Fsp3) is 0.429. The number of hydrogen-bond donors (Lipinski definition) is 1. The summed E-state index contributed by atoms with van der Waals surface area (Å²) in [5.41, 5.74) is 1.06. The van der Waals surface area contributed by atoms with Crippen molar-refractivity contribution in [1.82, 2.24) is 20.2 Å². The normalized spacial score (nSPS) is 19.4. The number of nitrogens with zero attached hydrogens (tertiary/aromatic N) is 5. The molecule has 2 aromatic rings. The van der Waals surface area contributed by atoms with E-state index in [9.17, 15) is 8.42 Å². The van der Waals surface area contributed by atoms with Crippen LogP contribution >= 0.6 is 0 Å². The summed E-state index contributed by atoms with van der Waals surface area (Å²) in [6.45, 7) is 0.565. The molecular weight excluding hydrogens is 316 g/mol. The van der Waals surface area contributed by atoms with Gasteiger partial charge >= 0.3 is 0 Å². The predicted molar refractivity (Wildman–Crippen MR) is 86.9 cm³/mol. The highest BCUT2D eigenvalue weighted by Gasteiger charge is 2.31. The van der Waals surface area contributed by atoms with E-state index in [-0.39, 0.29) is 17.5 Å². The second-order valence-electron chi connectivity index (χ2n) is 5.51. The van der Waals surface area contributed by atoms with E-state index in [0.717, 1.165) is 5.56 Å². The number of pyridine rings is 1. The Balaban J connectivity index is 1.67. The van der Waals surface area contributed by atoms with Crippen molar-refractivity contribution in [3.05, 3.63) is 36.3 Å². The molecule has 1 N–H and O–H groups in total. The first-order valence-electron chi connectivity index (χ1n) is 7.29. The summed E-state index contributed by atoms with van der Waals surface area (Å²) >= 11 is 0. The molecule has 3 rings (SSSR count). The van der Waals surface area contributed by atoms with Gasteiger partial charge in [-0.05, 0) is 24.1 Å². The minimum atomic E-state index is -2.93. The first-order valence-corrected chi connectivity index (χ1v) is 9.11. The van der Waals surface area contributed by atoms with E-state index in [4.69, 9.17) is 0 Å². The van der Waals surface area contributed by atoms with Crippen molar-refractivity contribution >= 4 is 21.6 Å². The molecule has 23 heavy (non-hydrogen) atoms. The molecule has 122 valence electrons. The van der Waals surface area contributed by atoms with E-state index in [1.807, 2.05) is 24.1 Å². The van der Waals surface area contributed by atoms with Gasteiger partial charge in [0.15, 0.2) is 15.7 Å². The number of hydrogen-bond acceptors (Lipinski definition) is 8. The number of sulfone groups is 1. The third-order valence-corrected chi connectivity index (χ3v) is 5.61. The van der Waals surface area contributed by atoms with Crippen molar-refractivity contribution in [2.24, 2.45) is 0 Å². The van der Waals surface area contributed by atoms with Crippen molar-refractivity contribution < 1.29 is 8.42 Å². The van der Waals surface area contributed by atoms with Crippen LogP contribution in [0.5, 0.6) is 0 Å². The first-order chi connectivity index (χ1) is 11.0. The molecule has 9 heteroatoms. The maximum absolute atomic E-state index is 11.6. The lowest BCUT2D eigenvalue weighted by Crippen LogP contribution is -2.33. The van der Waals surface area contributed by atoms with Crippen LogP contribution in [0.1, 0.15) is 12.0 Å². The highest BCUT2D eigenvalue weighted by Crippen LogP contribution is 2.21. The Kier molecular flexibility index (Phi) is 4.37. The van der Waals surface area contributed by atoms with Gasteiger partial charge in [0.1, 0.15) is 0 Å². The Hall–Kier alpha value is -2.29. The molecule has 8 nitrogen and oxygen atoms in total. The van der Waals surface area contributed by atoms with Crippen molar-refractivity contribution in [1.29, 1.82) is 0 Å². The molecule has 0 spiro atoms. The molecule has 0 amide bonds. The minimum absolute atomic E-state index is 0.0650. The SMILES string of the molecule is CN(c1cnnc(NCc2ccncc2)n1)C1CCS(=O)(=O)C1. The number of aromatic nitrogens is 4. The van der Waals surface area contributed by atoms with Gasteiger partial charge in [-0.25, -0.2) is 8.42 Å². The van der Waals surface area contributed by atoms with Crippen molar-refractivity contribution in [2.45, 2.75) is 19.0 Å². The molecule has 3 heterocycles. The molecule has 1 saturated heterocycles. The first kappa shape index (κ1) is 15.6. The van der Waals surface area contributed by atoms with Crippen LogP contribution in [0.25, 0.3) is 0 Å². The number of nitrogens with one attached hydrogen (secondary N) is 1. The molecule has 0 bridgehead atoms. The smallest absolute Gasteiger partial charge is 0.244 e. The van der Waals surface area contributed by atoms with Crippen LogP contribution in [0.2, 0.25) is 0 Å². The molecule has 0 saturated carbocycles. The third kappa shape index (κ3) is 3.92. The minimum Gasteiger partial charge on any atom is -0.354 e. The molecule has 0 aliphatic carbocycles. The highest BCUT2D eigenvalue weighted by molar-refractivity contribution is 7.91. The summed E-state index contributed by atoms with van der Waals surface area (Å²) in [6, 6.07) is 3.74. The third-order valence-electron chi connectivity index (χ3n) is 3.86. The van der Waals surface area contributed by atoms with Gasteiger partial charge in [-0.2, -0.15) is 10.1 Å². The molecular formula is C14H18N6O2S. The van der Waals surface area contributed by atoms with Gasteiger partial charge in [-0.15, -0.1) is 5.10 Å². The van der Waals surface area contributed by atoms with Gasteiger partial charge in [0.05, 0.1) is 17.7 Å². The van der Waals surface area contributed by atoms with E-state index >= 15 is 0 Å². The van der Waals surface area contributed by atoms with Gasteiger partial charge < -0.3 is 10.2 Å². The van der Waals surface area contributed by atoms with Crippen LogP contribution in [0.4, 0.5) is 11.8 Å². The predicted octanol–water partition coefficient (Wildman–Crippen LogP) is 0.502. The molecule has 0 aromatic carbocycles. The summed E-state index contributed by atoms with van der Waals surface area (Å²) in [5.74, 6) is 1.41.